The summed E-state index contributed by atoms with van der Waals surface area (Å²) in [5.74, 6) is 0.192. The first-order chi connectivity index (χ1) is 9.08. The van der Waals surface area contributed by atoms with E-state index in [1.165, 1.54) is 5.56 Å². The Morgan fingerprint density at radius 3 is 2.74 bits per heavy atom. The third kappa shape index (κ3) is 3.22. The van der Waals surface area contributed by atoms with E-state index in [1.54, 1.807) is 6.07 Å². The maximum atomic E-state index is 12.0. The summed E-state index contributed by atoms with van der Waals surface area (Å²) in [6, 6.07) is 9.81. The number of hydrogen-bond donors (Lipinski definition) is 2. The largest absolute Gasteiger partial charge is 0.347 e. The SMILES string of the molecule is Cc1ccccc1CNC(=O)c1cc(C(C)C)[nH]n1. The quantitative estimate of drug-likeness (QED) is 0.884. The van der Waals surface area contributed by atoms with E-state index in [0.717, 1.165) is 11.3 Å². The van der Waals surface area contributed by atoms with Gasteiger partial charge in [0, 0.05) is 12.2 Å². The average molecular weight is 257 g/mol. The van der Waals surface area contributed by atoms with Crippen molar-refractivity contribution in [1.29, 1.82) is 0 Å². The van der Waals surface area contributed by atoms with Crippen LogP contribution in [0.15, 0.2) is 30.3 Å². The second-order valence-electron chi connectivity index (χ2n) is 4.97. The molecule has 0 saturated carbocycles. The summed E-state index contributed by atoms with van der Waals surface area (Å²) < 4.78 is 0. The Bertz CT molecular complexity index is 572. The van der Waals surface area contributed by atoms with Crippen LogP contribution in [0.1, 0.15) is 47.1 Å². The Morgan fingerprint density at radius 2 is 2.11 bits per heavy atom. The standard InChI is InChI=1S/C15H19N3O/c1-10(2)13-8-14(18-17-13)15(19)16-9-12-7-5-4-6-11(12)3/h4-8,10H,9H2,1-3H3,(H,16,19)(H,17,18). The molecule has 0 bridgehead atoms. The van der Waals surface area contributed by atoms with Gasteiger partial charge in [0.1, 0.15) is 5.69 Å². The lowest BCUT2D eigenvalue weighted by Gasteiger charge is -2.06. The zero-order valence-electron chi connectivity index (χ0n) is 11.5. The van der Waals surface area contributed by atoms with Crippen molar-refractivity contribution in [2.45, 2.75) is 33.2 Å². The lowest BCUT2D eigenvalue weighted by Crippen LogP contribution is -2.23. The first kappa shape index (κ1) is 13.3. The predicted octanol–water partition coefficient (Wildman–Crippen LogP) is 2.77. The highest BCUT2D eigenvalue weighted by molar-refractivity contribution is 5.92. The van der Waals surface area contributed by atoms with Gasteiger partial charge in [-0.2, -0.15) is 5.10 Å². The van der Waals surface area contributed by atoms with Gasteiger partial charge in [0.25, 0.3) is 5.91 Å². The van der Waals surface area contributed by atoms with Crippen LogP contribution >= 0.6 is 0 Å². The van der Waals surface area contributed by atoms with Gasteiger partial charge < -0.3 is 5.32 Å². The highest BCUT2D eigenvalue weighted by Crippen LogP contribution is 2.12. The van der Waals surface area contributed by atoms with Crippen LogP contribution < -0.4 is 5.32 Å². The van der Waals surface area contributed by atoms with Crippen molar-refractivity contribution in [3.05, 3.63) is 52.8 Å². The van der Waals surface area contributed by atoms with E-state index in [2.05, 4.69) is 29.4 Å². The van der Waals surface area contributed by atoms with Crippen LogP contribution in [0.2, 0.25) is 0 Å². The highest BCUT2D eigenvalue weighted by Gasteiger charge is 2.11. The fourth-order valence-corrected chi connectivity index (χ4v) is 1.82. The minimum absolute atomic E-state index is 0.147. The Morgan fingerprint density at radius 1 is 1.37 bits per heavy atom. The number of rotatable bonds is 4. The van der Waals surface area contributed by atoms with Gasteiger partial charge in [-0.3, -0.25) is 9.89 Å². The molecule has 0 aliphatic heterocycles. The number of nitrogens with one attached hydrogen (secondary N) is 2. The number of benzene rings is 1. The van der Waals surface area contributed by atoms with Crippen LogP contribution in [0, 0.1) is 6.92 Å². The van der Waals surface area contributed by atoms with Crippen molar-refractivity contribution < 1.29 is 4.79 Å². The molecule has 0 aliphatic carbocycles. The number of H-pyrrole nitrogens is 1. The van der Waals surface area contributed by atoms with Crippen LogP contribution in [-0.2, 0) is 6.54 Å². The number of carbonyl (C=O) groups is 1. The third-order valence-electron chi connectivity index (χ3n) is 3.15. The van der Waals surface area contributed by atoms with Gasteiger partial charge in [0.05, 0.1) is 0 Å². The Labute approximate surface area is 113 Å². The fraction of sp³-hybridized carbons (Fsp3) is 0.333. The topological polar surface area (TPSA) is 57.8 Å². The molecular formula is C15H19N3O. The minimum atomic E-state index is -0.147. The first-order valence-corrected chi connectivity index (χ1v) is 6.46. The summed E-state index contributed by atoms with van der Waals surface area (Å²) in [5.41, 5.74) is 3.71. The zero-order chi connectivity index (χ0) is 13.8. The second-order valence-corrected chi connectivity index (χ2v) is 4.97. The summed E-state index contributed by atoms with van der Waals surface area (Å²) in [6.45, 7) is 6.67. The molecule has 1 aromatic carbocycles. The lowest BCUT2D eigenvalue weighted by molar-refractivity contribution is 0.0946. The molecule has 2 rings (SSSR count). The summed E-state index contributed by atoms with van der Waals surface area (Å²) >= 11 is 0. The molecular weight excluding hydrogens is 238 g/mol. The maximum absolute atomic E-state index is 12.0. The Kier molecular flexibility index (Phi) is 4.00. The van der Waals surface area contributed by atoms with Crippen LogP contribution in [0.25, 0.3) is 0 Å². The van der Waals surface area contributed by atoms with Gasteiger partial charge in [-0.05, 0) is 30.0 Å². The third-order valence-corrected chi connectivity index (χ3v) is 3.15. The van der Waals surface area contributed by atoms with Crippen molar-refractivity contribution in [1.82, 2.24) is 15.5 Å². The van der Waals surface area contributed by atoms with Crippen LogP contribution in [0.4, 0.5) is 0 Å². The van der Waals surface area contributed by atoms with Crippen molar-refractivity contribution in [2.24, 2.45) is 0 Å². The van der Waals surface area contributed by atoms with E-state index in [0.29, 0.717) is 18.2 Å². The number of nitrogens with zero attached hydrogens (tertiary/aromatic N) is 1. The van der Waals surface area contributed by atoms with Crippen LogP contribution in [0.5, 0.6) is 0 Å². The second kappa shape index (κ2) is 5.69. The van der Waals surface area contributed by atoms with E-state index >= 15 is 0 Å². The number of amides is 1. The van der Waals surface area contributed by atoms with Crippen molar-refractivity contribution in [3.8, 4) is 0 Å². The van der Waals surface area contributed by atoms with E-state index in [1.807, 2.05) is 31.2 Å². The van der Waals surface area contributed by atoms with Crippen molar-refractivity contribution in [3.63, 3.8) is 0 Å². The number of hydrogen-bond acceptors (Lipinski definition) is 2. The molecule has 0 aliphatic rings. The summed E-state index contributed by atoms with van der Waals surface area (Å²) in [5, 5.41) is 9.81. The zero-order valence-corrected chi connectivity index (χ0v) is 11.5. The van der Waals surface area contributed by atoms with Gasteiger partial charge in [0.15, 0.2) is 0 Å². The molecule has 0 spiro atoms. The monoisotopic (exact) mass is 257 g/mol. The molecule has 19 heavy (non-hydrogen) atoms. The molecule has 1 aromatic heterocycles. The first-order valence-electron chi connectivity index (χ1n) is 6.46. The smallest absolute Gasteiger partial charge is 0.272 e. The molecule has 4 heteroatoms. The molecule has 4 nitrogen and oxygen atoms in total. The molecule has 0 saturated heterocycles. The molecule has 0 unspecified atom stereocenters. The van der Waals surface area contributed by atoms with Gasteiger partial charge in [-0.1, -0.05) is 38.1 Å². The van der Waals surface area contributed by atoms with Crippen LogP contribution in [0.3, 0.4) is 0 Å². The molecule has 1 heterocycles. The minimum Gasteiger partial charge on any atom is -0.347 e. The van der Waals surface area contributed by atoms with Crippen LogP contribution in [-0.4, -0.2) is 16.1 Å². The van der Waals surface area contributed by atoms with Gasteiger partial charge in [-0.15, -0.1) is 0 Å². The van der Waals surface area contributed by atoms with E-state index in [-0.39, 0.29) is 5.91 Å². The average Bonchev–Trinajstić information content (AvgIpc) is 2.87. The van der Waals surface area contributed by atoms with Gasteiger partial charge in [0.2, 0.25) is 0 Å². The molecule has 1 amide bonds. The Balaban J connectivity index is 1.99. The number of aryl methyl sites for hydroxylation is 1. The van der Waals surface area contributed by atoms with Gasteiger partial charge >= 0.3 is 0 Å². The number of carbonyl (C=O) groups excluding carboxylic acids is 1. The molecule has 0 radical (unpaired) electrons. The number of aromatic amines is 1. The summed E-state index contributed by atoms with van der Waals surface area (Å²) in [4.78, 5) is 12.0. The molecule has 0 atom stereocenters. The van der Waals surface area contributed by atoms with Crippen molar-refractivity contribution >= 4 is 5.91 Å². The van der Waals surface area contributed by atoms with Crippen molar-refractivity contribution in [2.75, 3.05) is 0 Å². The Hall–Kier alpha value is -2.10. The van der Waals surface area contributed by atoms with Gasteiger partial charge in [-0.25, -0.2) is 0 Å². The summed E-state index contributed by atoms with van der Waals surface area (Å²) in [6.07, 6.45) is 0. The maximum Gasteiger partial charge on any atom is 0.272 e. The molecule has 100 valence electrons. The van der Waals surface area contributed by atoms with E-state index in [9.17, 15) is 4.79 Å². The van der Waals surface area contributed by atoms with E-state index in [4.69, 9.17) is 0 Å². The lowest BCUT2D eigenvalue weighted by atomic mass is 10.1. The summed E-state index contributed by atoms with van der Waals surface area (Å²) in [7, 11) is 0. The molecule has 2 N–H and O–H groups in total. The predicted molar refractivity (Wildman–Crippen MR) is 75.0 cm³/mol. The highest BCUT2D eigenvalue weighted by atomic mass is 16.1. The number of aromatic nitrogens is 2. The molecule has 2 aromatic rings. The normalized spacial score (nSPS) is 10.7. The van der Waals surface area contributed by atoms with E-state index < -0.39 is 0 Å². The molecule has 0 fully saturated rings. The fourth-order valence-electron chi connectivity index (χ4n) is 1.82.